The van der Waals surface area contributed by atoms with Gasteiger partial charge >= 0.3 is 5.97 Å². The molecule has 140 valence electrons. The first-order valence-corrected chi connectivity index (χ1v) is 9.30. The molecule has 0 saturated carbocycles. The highest BCUT2D eigenvalue weighted by Gasteiger charge is 2.15. The number of amides is 2. The van der Waals surface area contributed by atoms with Crippen LogP contribution in [-0.4, -0.2) is 47.3 Å². The molecule has 0 radical (unpaired) electrons. The van der Waals surface area contributed by atoms with E-state index in [2.05, 4.69) is 20.2 Å². The first-order valence-electron chi connectivity index (χ1n) is 7.78. The molecular weight excluding hydrogens is 360 g/mol. The average Bonchev–Trinajstić information content (AvgIpc) is 3.03. The number of carboxylic acid groups (broad SMARTS) is 1. The summed E-state index contributed by atoms with van der Waals surface area (Å²) >= 11 is 0. The molecule has 1 aromatic rings. The van der Waals surface area contributed by atoms with Crippen LogP contribution in [0, 0.1) is 0 Å². The van der Waals surface area contributed by atoms with Gasteiger partial charge in [0.25, 0.3) is 0 Å². The Morgan fingerprint density at radius 1 is 1.38 bits per heavy atom. The standard InChI is InChI=1S/C16H20N4O5S/c1-10(19-20-26-8-15(22)17-9-26)3-6-14(21)18-13-5-4-11(25-2)7-12(13)16(23)24/h4-5,7H,3,6,8-9H2,1-2H3,(H,17,22)(H,18,21)(H,23,24)/b19-10+. The summed E-state index contributed by atoms with van der Waals surface area (Å²) in [7, 11) is 0.999. The van der Waals surface area contributed by atoms with E-state index in [1.165, 1.54) is 19.2 Å². The highest BCUT2D eigenvalue weighted by atomic mass is 32.2. The van der Waals surface area contributed by atoms with Gasteiger partial charge < -0.3 is 20.5 Å². The van der Waals surface area contributed by atoms with E-state index in [1.54, 1.807) is 13.0 Å². The summed E-state index contributed by atoms with van der Waals surface area (Å²) in [5.74, 6) is -0.259. The molecule has 1 aliphatic heterocycles. The molecule has 1 aromatic carbocycles. The molecule has 0 spiro atoms. The Hall–Kier alpha value is -2.75. The predicted octanol–water partition coefficient (Wildman–Crippen LogP) is 1.38. The molecule has 9 nitrogen and oxygen atoms in total. The smallest absolute Gasteiger partial charge is 0.337 e. The minimum atomic E-state index is -1.16. The Morgan fingerprint density at radius 2 is 2.15 bits per heavy atom. The largest absolute Gasteiger partial charge is 0.497 e. The minimum Gasteiger partial charge on any atom is -0.497 e. The van der Waals surface area contributed by atoms with Crippen molar-refractivity contribution in [1.82, 2.24) is 5.32 Å². The molecule has 0 aliphatic carbocycles. The second-order valence-electron chi connectivity index (χ2n) is 5.53. The van der Waals surface area contributed by atoms with Crippen LogP contribution in [0.3, 0.4) is 0 Å². The molecule has 1 atom stereocenters. The number of benzene rings is 1. The summed E-state index contributed by atoms with van der Waals surface area (Å²) in [6.07, 6.45) is 0.521. The number of carbonyl (C=O) groups excluding carboxylic acids is 2. The fraction of sp³-hybridized carbons (Fsp3) is 0.375. The molecule has 1 aliphatic rings. The van der Waals surface area contributed by atoms with Gasteiger partial charge in [-0.1, -0.05) is 0 Å². The van der Waals surface area contributed by atoms with Gasteiger partial charge in [-0.15, -0.1) is 4.47 Å². The number of aromatic carboxylic acids is 1. The third-order valence-electron chi connectivity index (χ3n) is 3.51. The number of anilines is 1. The molecule has 1 fully saturated rings. The van der Waals surface area contributed by atoms with E-state index in [0.29, 0.717) is 29.5 Å². The average molecular weight is 380 g/mol. The van der Waals surface area contributed by atoms with Crippen molar-refractivity contribution in [3.63, 3.8) is 0 Å². The number of carbonyl (C=O) groups is 3. The Morgan fingerprint density at radius 3 is 2.77 bits per heavy atom. The molecule has 26 heavy (non-hydrogen) atoms. The van der Waals surface area contributed by atoms with Crippen molar-refractivity contribution in [1.29, 1.82) is 0 Å². The van der Waals surface area contributed by atoms with Crippen molar-refractivity contribution in [3.05, 3.63) is 23.8 Å². The second-order valence-corrected chi connectivity index (χ2v) is 7.20. The lowest BCUT2D eigenvalue weighted by Gasteiger charge is -2.10. The van der Waals surface area contributed by atoms with Crippen molar-refractivity contribution in [3.8, 4) is 5.75 Å². The maximum atomic E-state index is 12.1. The van der Waals surface area contributed by atoms with Crippen LogP contribution in [-0.2, 0) is 20.3 Å². The van der Waals surface area contributed by atoms with Crippen molar-refractivity contribution < 1.29 is 24.2 Å². The zero-order chi connectivity index (χ0) is 19.1. The van der Waals surface area contributed by atoms with Gasteiger partial charge in [-0.3, -0.25) is 9.59 Å². The van der Waals surface area contributed by atoms with Crippen LogP contribution in [0.1, 0.15) is 30.1 Å². The zero-order valence-electron chi connectivity index (χ0n) is 14.4. The molecular formula is C16H20N4O5S. The van der Waals surface area contributed by atoms with Crippen molar-refractivity contribution in [2.45, 2.75) is 19.8 Å². The molecule has 0 bridgehead atoms. The van der Waals surface area contributed by atoms with Gasteiger partial charge in [0.15, 0.2) is 0 Å². The van der Waals surface area contributed by atoms with E-state index in [0.717, 1.165) is 0 Å². The number of nitrogens with zero attached hydrogens (tertiary/aromatic N) is 2. The number of carboxylic acids is 1. The molecule has 3 N–H and O–H groups in total. The summed E-state index contributed by atoms with van der Waals surface area (Å²) in [4.78, 5) is 34.5. The van der Waals surface area contributed by atoms with Crippen LogP contribution in [0.15, 0.2) is 27.8 Å². The molecule has 1 heterocycles. The lowest BCUT2D eigenvalue weighted by molar-refractivity contribution is -0.118. The highest BCUT2D eigenvalue weighted by molar-refractivity contribution is 7.88. The fourth-order valence-electron chi connectivity index (χ4n) is 2.10. The molecule has 2 amide bonds. The van der Waals surface area contributed by atoms with Crippen molar-refractivity contribution in [2.75, 3.05) is 24.1 Å². The summed E-state index contributed by atoms with van der Waals surface area (Å²) < 4.78 is 9.09. The molecule has 2 rings (SSSR count). The Bertz CT molecular complexity index is 791. The number of methoxy groups -OCH3 is 1. The molecule has 1 unspecified atom stereocenters. The lowest BCUT2D eigenvalue weighted by atomic mass is 10.1. The van der Waals surface area contributed by atoms with Gasteiger partial charge in [0.2, 0.25) is 11.8 Å². The van der Waals surface area contributed by atoms with Crippen LogP contribution in [0.2, 0.25) is 0 Å². The third-order valence-corrected chi connectivity index (χ3v) is 4.89. The summed E-state index contributed by atoms with van der Waals surface area (Å²) in [6.45, 7) is 1.75. The van der Waals surface area contributed by atoms with Gasteiger partial charge in [0.1, 0.15) is 5.75 Å². The van der Waals surface area contributed by atoms with Crippen LogP contribution < -0.4 is 15.4 Å². The number of ether oxygens (including phenoxy) is 1. The van der Waals surface area contributed by atoms with Crippen molar-refractivity contribution >= 4 is 39.9 Å². The zero-order valence-corrected chi connectivity index (χ0v) is 15.3. The lowest BCUT2D eigenvalue weighted by Crippen LogP contribution is -2.15. The topological polar surface area (TPSA) is 129 Å². The highest BCUT2D eigenvalue weighted by Crippen LogP contribution is 2.22. The van der Waals surface area contributed by atoms with Gasteiger partial charge in [0, 0.05) is 12.1 Å². The summed E-state index contributed by atoms with van der Waals surface area (Å²) in [5.41, 5.74) is 0.831. The Labute approximate surface area is 152 Å². The van der Waals surface area contributed by atoms with Crippen LogP contribution in [0.5, 0.6) is 5.75 Å². The van der Waals surface area contributed by atoms with Crippen LogP contribution >= 0.6 is 0 Å². The number of hydrogen-bond acceptors (Lipinski definition) is 5. The van der Waals surface area contributed by atoms with Crippen molar-refractivity contribution in [2.24, 2.45) is 9.57 Å². The van der Waals surface area contributed by atoms with E-state index in [1.807, 2.05) is 0 Å². The normalized spacial score (nSPS) is 17.1. The van der Waals surface area contributed by atoms with E-state index in [-0.39, 0.29) is 29.5 Å². The van der Waals surface area contributed by atoms with E-state index in [9.17, 15) is 19.5 Å². The quantitative estimate of drug-likeness (QED) is 0.486. The fourth-order valence-corrected chi connectivity index (χ4v) is 3.30. The van der Waals surface area contributed by atoms with E-state index >= 15 is 0 Å². The monoisotopic (exact) mass is 380 g/mol. The maximum Gasteiger partial charge on any atom is 0.337 e. The number of rotatable bonds is 7. The number of hydrogen-bond donors (Lipinski definition) is 3. The molecule has 1 saturated heterocycles. The first kappa shape index (κ1) is 19.6. The Kier molecular flexibility index (Phi) is 6.84. The van der Waals surface area contributed by atoms with E-state index < -0.39 is 16.7 Å². The number of nitrogens with one attached hydrogen (secondary N) is 2. The van der Waals surface area contributed by atoms with Gasteiger partial charge in [-0.25, -0.2) is 4.79 Å². The van der Waals surface area contributed by atoms with Gasteiger partial charge in [-0.2, -0.15) is 5.10 Å². The predicted molar refractivity (Wildman–Crippen MR) is 98.6 cm³/mol. The summed E-state index contributed by atoms with van der Waals surface area (Å²) in [5, 5.41) is 18.6. The second kappa shape index (κ2) is 9.09. The minimum absolute atomic E-state index is 0.0296. The van der Waals surface area contributed by atoms with Crippen LogP contribution in [0.25, 0.3) is 0 Å². The van der Waals surface area contributed by atoms with Gasteiger partial charge in [0.05, 0.1) is 30.0 Å². The maximum absolute atomic E-state index is 12.1. The first-order chi connectivity index (χ1) is 12.4. The summed E-state index contributed by atoms with van der Waals surface area (Å²) in [6, 6.07) is 4.41. The molecule has 0 aromatic heterocycles. The van der Waals surface area contributed by atoms with Gasteiger partial charge in [-0.05, 0) is 42.2 Å². The molecule has 10 heteroatoms. The SMILES string of the molecule is COc1ccc(NC(=O)CC/C(C)=N/N=S2\CNC(=O)C2)c(C(=O)O)c1. The van der Waals surface area contributed by atoms with E-state index in [4.69, 9.17) is 4.74 Å². The third kappa shape index (κ3) is 5.66. The van der Waals surface area contributed by atoms with Crippen LogP contribution in [0.4, 0.5) is 5.69 Å². The Balaban J connectivity index is 1.92.